The third-order valence-corrected chi connectivity index (χ3v) is 5.72. The van der Waals surface area contributed by atoms with E-state index in [1.54, 1.807) is 13.8 Å². The Balaban J connectivity index is 2.06. The molecule has 26 heavy (non-hydrogen) atoms. The number of aromatic nitrogens is 1. The first-order chi connectivity index (χ1) is 11.9. The molecular formula is C18H23N3O4S. The molecule has 2 aromatic heterocycles. The van der Waals surface area contributed by atoms with Crippen molar-refractivity contribution in [3.05, 3.63) is 33.3 Å². The van der Waals surface area contributed by atoms with Gasteiger partial charge in [-0.05, 0) is 40.2 Å². The van der Waals surface area contributed by atoms with Crippen LogP contribution in [0.2, 0.25) is 0 Å². The van der Waals surface area contributed by atoms with Crippen LogP contribution in [0.15, 0.2) is 4.42 Å². The summed E-state index contributed by atoms with van der Waals surface area (Å²) in [4.78, 5) is 29.8. The molecule has 7 nitrogen and oxygen atoms in total. The number of aryl methyl sites for hydroxylation is 2. The van der Waals surface area contributed by atoms with E-state index in [4.69, 9.17) is 14.9 Å². The molecule has 0 aromatic carbocycles. The van der Waals surface area contributed by atoms with Crippen molar-refractivity contribution < 1.29 is 18.7 Å². The smallest absolute Gasteiger partial charge is 0.294 e. The van der Waals surface area contributed by atoms with Crippen molar-refractivity contribution in [1.29, 1.82) is 0 Å². The predicted molar refractivity (Wildman–Crippen MR) is 98.7 cm³/mol. The summed E-state index contributed by atoms with van der Waals surface area (Å²) < 4.78 is 11.5. The monoisotopic (exact) mass is 377 g/mol. The number of amides is 2. The van der Waals surface area contributed by atoms with Crippen molar-refractivity contribution in [1.82, 2.24) is 4.98 Å². The SMILES string of the molecule is Cc1nc(C)c(C(=O)Nc2sc3c(c2C(N)=O)CC(C)(C)OC3(C)C)o1. The molecule has 0 atom stereocenters. The summed E-state index contributed by atoms with van der Waals surface area (Å²) in [6.07, 6.45) is 0.539. The molecule has 8 heteroatoms. The van der Waals surface area contributed by atoms with E-state index < -0.39 is 23.0 Å². The number of primary amides is 1. The van der Waals surface area contributed by atoms with Crippen molar-refractivity contribution in [3.8, 4) is 0 Å². The van der Waals surface area contributed by atoms with Gasteiger partial charge in [-0.25, -0.2) is 4.98 Å². The van der Waals surface area contributed by atoms with Crippen molar-refractivity contribution in [2.24, 2.45) is 5.73 Å². The van der Waals surface area contributed by atoms with Crippen LogP contribution >= 0.6 is 11.3 Å². The molecule has 1 aliphatic rings. The highest BCUT2D eigenvalue weighted by Crippen LogP contribution is 2.48. The summed E-state index contributed by atoms with van der Waals surface area (Å²) in [7, 11) is 0. The summed E-state index contributed by atoms with van der Waals surface area (Å²) in [5.74, 6) is -0.497. The van der Waals surface area contributed by atoms with Crippen LogP contribution in [0.25, 0.3) is 0 Å². The normalized spacial score (nSPS) is 17.6. The number of nitrogens with one attached hydrogen (secondary N) is 1. The first-order valence-electron chi connectivity index (χ1n) is 8.33. The summed E-state index contributed by atoms with van der Waals surface area (Å²) in [5.41, 5.74) is 6.29. The first kappa shape index (κ1) is 18.6. The molecule has 0 radical (unpaired) electrons. The minimum absolute atomic E-state index is 0.125. The predicted octanol–water partition coefficient (Wildman–Crippen LogP) is 3.29. The molecule has 0 saturated carbocycles. The number of ether oxygens (including phenoxy) is 1. The van der Waals surface area contributed by atoms with Crippen LogP contribution in [0.4, 0.5) is 5.00 Å². The van der Waals surface area contributed by atoms with Gasteiger partial charge in [-0.1, -0.05) is 0 Å². The number of fused-ring (bicyclic) bond motifs is 1. The molecule has 140 valence electrons. The lowest BCUT2D eigenvalue weighted by atomic mass is 9.86. The number of hydrogen-bond acceptors (Lipinski definition) is 6. The van der Waals surface area contributed by atoms with E-state index in [-0.39, 0.29) is 5.76 Å². The van der Waals surface area contributed by atoms with Crippen LogP contribution in [-0.4, -0.2) is 22.4 Å². The fraction of sp³-hybridized carbons (Fsp3) is 0.500. The third kappa shape index (κ3) is 3.14. The molecule has 2 amide bonds. The number of carbonyl (C=O) groups excluding carboxylic acids is 2. The van der Waals surface area contributed by atoms with Crippen molar-refractivity contribution >= 4 is 28.2 Å². The Hall–Kier alpha value is -2.19. The minimum atomic E-state index is -0.590. The number of carbonyl (C=O) groups is 2. The molecule has 0 aliphatic carbocycles. The lowest BCUT2D eigenvalue weighted by molar-refractivity contribution is -0.135. The average molecular weight is 377 g/mol. The lowest BCUT2D eigenvalue weighted by Crippen LogP contribution is -2.42. The van der Waals surface area contributed by atoms with Gasteiger partial charge in [-0.2, -0.15) is 0 Å². The molecule has 1 aliphatic heterocycles. The average Bonchev–Trinajstić information content (AvgIpc) is 2.97. The van der Waals surface area contributed by atoms with Gasteiger partial charge in [0, 0.05) is 18.2 Å². The highest BCUT2D eigenvalue weighted by Gasteiger charge is 2.43. The summed E-state index contributed by atoms with van der Waals surface area (Å²) in [5, 5.41) is 3.19. The number of nitrogens with zero attached hydrogens (tertiary/aromatic N) is 1. The Morgan fingerprint density at radius 1 is 1.23 bits per heavy atom. The number of thiophene rings is 1. The van der Waals surface area contributed by atoms with Crippen LogP contribution in [0.1, 0.15) is 70.6 Å². The Bertz CT molecular complexity index is 908. The van der Waals surface area contributed by atoms with E-state index in [2.05, 4.69) is 10.3 Å². The van der Waals surface area contributed by atoms with Gasteiger partial charge in [-0.3, -0.25) is 9.59 Å². The minimum Gasteiger partial charge on any atom is -0.436 e. The van der Waals surface area contributed by atoms with Gasteiger partial charge in [0.05, 0.1) is 22.5 Å². The van der Waals surface area contributed by atoms with Crippen LogP contribution in [0.5, 0.6) is 0 Å². The van der Waals surface area contributed by atoms with Crippen LogP contribution in [0.3, 0.4) is 0 Å². The van der Waals surface area contributed by atoms with E-state index in [1.807, 2.05) is 27.7 Å². The topological polar surface area (TPSA) is 107 Å². The second-order valence-electron chi connectivity index (χ2n) is 7.63. The molecule has 0 bridgehead atoms. The molecule has 0 saturated heterocycles. The summed E-state index contributed by atoms with van der Waals surface area (Å²) >= 11 is 1.31. The lowest BCUT2D eigenvalue weighted by Gasteiger charge is -2.41. The quantitative estimate of drug-likeness (QED) is 0.853. The zero-order valence-electron chi connectivity index (χ0n) is 15.8. The first-order valence-corrected chi connectivity index (χ1v) is 9.14. The molecular weight excluding hydrogens is 354 g/mol. The summed E-state index contributed by atoms with van der Waals surface area (Å²) in [6, 6.07) is 0. The Morgan fingerprint density at radius 3 is 2.42 bits per heavy atom. The van der Waals surface area contributed by atoms with Gasteiger partial charge in [-0.15, -0.1) is 11.3 Å². The van der Waals surface area contributed by atoms with E-state index >= 15 is 0 Å². The third-order valence-electron chi connectivity index (χ3n) is 4.27. The highest BCUT2D eigenvalue weighted by molar-refractivity contribution is 7.17. The van der Waals surface area contributed by atoms with Crippen LogP contribution < -0.4 is 11.1 Å². The maximum atomic E-state index is 12.6. The standard InChI is InChI=1S/C18H23N3O4S/c1-8-12(24-9(2)20-8)15(23)21-16-11(14(19)22)10-7-17(3,4)25-18(5,6)13(10)26-16/h7H2,1-6H3,(H2,19,22)(H,21,23). The van der Waals surface area contributed by atoms with Crippen LogP contribution in [-0.2, 0) is 16.8 Å². The van der Waals surface area contributed by atoms with Gasteiger partial charge in [0.15, 0.2) is 5.89 Å². The zero-order chi connectivity index (χ0) is 19.4. The van der Waals surface area contributed by atoms with E-state index in [0.29, 0.717) is 28.6 Å². The maximum Gasteiger partial charge on any atom is 0.294 e. The van der Waals surface area contributed by atoms with E-state index in [0.717, 1.165) is 10.4 Å². The second kappa shape index (κ2) is 5.92. The zero-order valence-corrected chi connectivity index (χ0v) is 16.6. The largest absolute Gasteiger partial charge is 0.436 e. The molecule has 0 spiro atoms. The Morgan fingerprint density at radius 2 is 1.88 bits per heavy atom. The van der Waals surface area contributed by atoms with Crippen molar-refractivity contribution in [2.45, 2.75) is 59.2 Å². The number of hydrogen-bond donors (Lipinski definition) is 2. The van der Waals surface area contributed by atoms with Gasteiger partial charge >= 0.3 is 0 Å². The molecule has 3 rings (SSSR count). The maximum absolute atomic E-state index is 12.6. The molecule has 0 unspecified atom stereocenters. The number of anilines is 1. The molecule has 0 fully saturated rings. The van der Waals surface area contributed by atoms with Crippen molar-refractivity contribution in [2.75, 3.05) is 5.32 Å². The van der Waals surface area contributed by atoms with Gasteiger partial charge < -0.3 is 20.2 Å². The van der Waals surface area contributed by atoms with Gasteiger partial charge in [0.25, 0.3) is 11.8 Å². The number of oxazole rings is 1. The Labute approximate surface area is 155 Å². The Kier molecular flexibility index (Phi) is 4.23. The highest BCUT2D eigenvalue weighted by atomic mass is 32.1. The van der Waals surface area contributed by atoms with Gasteiger partial charge in [0.2, 0.25) is 5.76 Å². The number of rotatable bonds is 3. The number of nitrogens with two attached hydrogens (primary N) is 1. The van der Waals surface area contributed by atoms with E-state index in [1.165, 1.54) is 11.3 Å². The van der Waals surface area contributed by atoms with E-state index in [9.17, 15) is 9.59 Å². The van der Waals surface area contributed by atoms with Crippen molar-refractivity contribution in [3.63, 3.8) is 0 Å². The molecule has 3 N–H and O–H groups in total. The van der Waals surface area contributed by atoms with Gasteiger partial charge in [0.1, 0.15) is 5.00 Å². The molecule has 3 heterocycles. The van der Waals surface area contributed by atoms with Crippen LogP contribution in [0, 0.1) is 13.8 Å². The second-order valence-corrected chi connectivity index (χ2v) is 8.65. The fourth-order valence-corrected chi connectivity index (χ4v) is 4.83. The fourth-order valence-electron chi connectivity index (χ4n) is 3.57. The molecule has 2 aromatic rings. The summed E-state index contributed by atoms with van der Waals surface area (Å²) in [6.45, 7) is 11.2.